The van der Waals surface area contributed by atoms with Crippen molar-refractivity contribution in [2.24, 2.45) is 0 Å². The molecule has 2 atom stereocenters. The number of rotatable bonds is 1. The number of para-hydroxylation sites is 1. The Bertz CT molecular complexity index is 362. The van der Waals surface area contributed by atoms with E-state index in [9.17, 15) is 4.39 Å². The van der Waals surface area contributed by atoms with E-state index in [1.807, 2.05) is 24.3 Å². The molecular formula is C11H11FO2. The van der Waals surface area contributed by atoms with Gasteiger partial charge in [0.15, 0.2) is 6.10 Å². The van der Waals surface area contributed by atoms with Gasteiger partial charge in [0.25, 0.3) is 5.85 Å². The summed E-state index contributed by atoms with van der Waals surface area (Å²) in [5, 5.41) is 0. The lowest BCUT2D eigenvalue weighted by Gasteiger charge is -2.30. The fourth-order valence-electron chi connectivity index (χ4n) is 1.87. The fourth-order valence-corrected chi connectivity index (χ4v) is 1.87. The molecule has 0 bridgehead atoms. The molecule has 2 nitrogen and oxygen atoms in total. The van der Waals surface area contributed by atoms with E-state index in [0.29, 0.717) is 18.8 Å². The van der Waals surface area contributed by atoms with E-state index < -0.39 is 5.85 Å². The van der Waals surface area contributed by atoms with Crippen molar-refractivity contribution in [3.63, 3.8) is 0 Å². The average molecular weight is 194 g/mol. The van der Waals surface area contributed by atoms with Gasteiger partial charge in [-0.1, -0.05) is 18.2 Å². The predicted octanol–water partition coefficient (Wildman–Crippen LogP) is 2.08. The Morgan fingerprint density at radius 1 is 1.36 bits per heavy atom. The number of hydrogen-bond acceptors (Lipinski definition) is 2. The third kappa shape index (κ3) is 1.20. The van der Waals surface area contributed by atoms with Gasteiger partial charge in [-0.25, -0.2) is 0 Å². The smallest absolute Gasteiger partial charge is 0.276 e. The molecule has 0 aliphatic carbocycles. The van der Waals surface area contributed by atoms with Gasteiger partial charge in [0.05, 0.1) is 6.61 Å². The molecule has 2 aliphatic heterocycles. The minimum atomic E-state index is -1.59. The molecule has 2 aliphatic rings. The van der Waals surface area contributed by atoms with Crippen LogP contribution in [0.5, 0.6) is 5.75 Å². The number of fused-ring (bicyclic) bond motifs is 1. The minimum absolute atomic E-state index is 0.351. The van der Waals surface area contributed by atoms with Gasteiger partial charge in [0.2, 0.25) is 0 Å². The maximum atomic E-state index is 14.1. The minimum Gasteiger partial charge on any atom is -0.455 e. The van der Waals surface area contributed by atoms with Gasteiger partial charge in [-0.05, 0) is 18.1 Å². The molecule has 14 heavy (non-hydrogen) atoms. The maximum absolute atomic E-state index is 14.1. The molecule has 2 heterocycles. The van der Waals surface area contributed by atoms with E-state index >= 15 is 0 Å². The van der Waals surface area contributed by atoms with Crippen molar-refractivity contribution in [2.45, 2.75) is 24.8 Å². The van der Waals surface area contributed by atoms with Crippen LogP contribution in [0.4, 0.5) is 4.39 Å². The summed E-state index contributed by atoms with van der Waals surface area (Å²) in [5.74, 6) is -0.925. The first-order chi connectivity index (χ1) is 6.78. The van der Waals surface area contributed by atoms with Crippen molar-refractivity contribution in [2.75, 3.05) is 6.61 Å². The first-order valence-corrected chi connectivity index (χ1v) is 4.85. The zero-order valence-corrected chi connectivity index (χ0v) is 7.70. The highest BCUT2D eigenvalue weighted by molar-refractivity contribution is 5.36. The van der Waals surface area contributed by atoms with Crippen LogP contribution >= 0.6 is 0 Å². The number of hydrogen-bond donors (Lipinski definition) is 0. The van der Waals surface area contributed by atoms with E-state index in [0.717, 1.165) is 12.0 Å². The van der Waals surface area contributed by atoms with Crippen LogP contribution in [0.3, 0.4) is 0 Å². The molecule has 1 saturated heterocycles. The summed E-state index contributed by atoms with van der Waals surface area (Å²) in [5.41, 5.74) is 1.08. The van der Waals surface area contributed by atoms with Gasteiger partial charge in [-0.2, -0.15) is 4.39 Å². The SMILES string of the molecule is FC1(C2CO2)CCc2ccccc2O1. The van der Waals surface area contributed by atoms with Gasteiger partial charge in [-0.15, -0.1) is 0 Å². The van der Waals surface area contributed by atoms with Crippen LogP contribution in [0, 0.1) is 0 Å². The number of halogens is 1. The first kappa shape index (κ1) is 8.24. The second kappa shape index (κ2) is 2.70. The van der Waals surface area contributed by atoms with Crippen LogP contribution < -0.4 is 4.74 Å². The van der Waals surface area contributed by atoms with E-state index in [-0.39, 0.29) is 6.10 Å². The molecule has 1 aromatic carbocycles. The number of benzene rings is 1. The van der Waals surface area contributed by atoms with Gasteiger partial charge in [-0.3, -0.25) is 0 Å². The molecule has 2 unspecified atom stereocenters. The first-order valence-electron chi connectivity index (χ1n) is 4.85. The monoisotopic (exact) mass is 194 g/mol. The molecule has 74 valence electrons. The summed E-state index contributed by atoms with van der Waals surface area (Å²) in [6, 6.07) is 7.59. The maximum Gasteiger partial charge on any atom is 0.276 e. The zero-order valence-electron chi connectivity index (χ0n) is 7.70. The fraction of sp³-hybridized carbons (Fsp3) is 0.455. The summed E-state index contributed by atoms with van der Waals surface area (Å²) in [7, 11) is 0. The van der Waals surface area contributed by atoms with E-state index in [2.05, 4.69) is 0 Å². The van der Waals surface area contributed by atoms with E-state index in [1.165, 1.54) is 0 Å². The summed E-state index contributed by atoms with van der Waals surface area (Å²) in [6.07, 6.45) is 0.775. The second-order valence-corrected chi connectivity index (χ2v) is 3.82. The lowest BCUT2D eigenvalue weighted by atomic mass is 9.99. The largest absolute Gasteiger partial charge is 0.455 e. The summed E-state index contributed by atoms with van der Waals surface area (Å²) in [6.45, 7) is 0.485. The third-order valence-corrected chi connectivity index (χ3v) is 2.80. The molecule has 1 fully saturated rings. The summed E-state index contributed by atoms with van der Waals surface area (Å²) < 4.78 is 24.4. The summed E-state index contributed by atoms with van der Waals surface area (Å²) >= 11 is 0. The predicted molar refractivity (Wildman–Crippen MR) is 49.0 cm³/mol. The van der Waals surface area contributed by atoms with Crippen LogP contribution in [0.15, 0.2) is 24.3 Å². The Kier molecular flexibility index (Phi) is 1.59. The van der Waals surface area contributed by atoms with Gasteiger partial charge in [0.1, 0.15) is 5.75 Å². The summed E-state index contributed by atoms with van der Waals surface area (Å²) in [4.78, 5) is 0. The van der Waals surface area contributed by atoms with Gasteiger partial charge >= 0.3 is 0 Å². The lowest BCUT2D eigenvalue weighted by molar-refractivity contribution is -0.0973. The third-order valence-electron chi connectivity index (χ3n) is 2.80. The highest BCUT2D eigenvalue weighted by Crippen LogP contribution is 2.40. The Morgan fingerprint density at radius 3 is 2.93 bits per heavy atom. The molecule has 0 spiro atoms. The number of alkyl halides is 1. The topological polar surface area (TPSA) is 21.8 Å². The highest BCUT2D eigenvalue weighted by atomic mass is 19.2. The molecule has 1 aromatic rings. The normalized spacial score (nSPS) is 34.5. The van der Waals surface area contributed by atoms with Crippen molar-refractivity contribution >= 4 is 0 Å². The van der Waals surface area contributed by atoms with Crippen LogP contribution in [-0.2, 0) is 11.2 Å². The van der Waals surface area contributed by atoms with E-state index in [1.54, 1.807) is 0 Å². The van der Waals surface area contributed by atoms with Crippen molar-refractivity contribution in [3.05, 3.63) is 29.8 Å². The molecule has 0 radical (unpaired) electrons. The molecule has 0 amide bonds. The van der Waals surface area contributed by atoms with Crippen LogP contribution in [0.1, 0.15) is 12.0 Å². The zero-order chi connectivity index (χ0) is 9.60. The van der Waals surface area contributed by atoms with Crippen molar-refractivity contribution < 1.29 is 13.9 Å². The number of aryl methyl sites for hydroxylation is 1. The van der Waals surface area contributed by atoms with Crippen molar-refractivity contribution in [1.29, 1.82) is 0 Å². The Morgan fingerprint density at radius 2 is 2.14 bits per heavy atom. The number of epoxide rings is 1. The highest BCUT2D eigenvalue weighted by Gasteiger charge is 2.51. The number of ether oxygens (including phenoxy) is 2. The molecule has 3 rings (SSSR count). The van der Waals surface area contributed by atoms with Gasteiger partial charge < -0.3 is 9.47 Å². The second-order valence-electron chi connectivity index (χ2n) is 3.82. The van der Waals surface area contributed by atoms with Crippen LogP contribution in [0.25, 0.3) is 0 Å². The molecule has 0 N–H and O–H groups in total. The Labute approximate surface area is 81.6 Å². The molecular weight excluding hydrogens is 183 g/mol. The van der Waals surface area contributed by atoms with Gasteiger partial charge in [0, 0.05) is 6.42 Å². The Hall–Kier alpha value is -1.09. The standard InChI is InChI=1S/C11H11FO2/c12-11(10-7-13-10)6-5-8-3-1-2-4-9(8)14-11/h1-4,10H,5-7H2. The Balaban J connectivity index is 1.92. The molecule has 3 heteroatoms. The molecule has 0 saturated carbocycles. The molecule has 0 aromatic heterocycles. The average Bonchev–Trinajstić information content (AvgIpc) is 3.01. The van der Waals surface area contributed by atoms with Crippen molar-refractivity contribution in [3.8, 4) is 5.75 Å². The quantitative estimate of drug-likeness (QED) is 0.638. The van der Waals surface area contributed by atoms with E-state index in [4.69, 9.17) is 9.47 Å². The van der Waals surface area contributed by atoms with Crippen LogP contribution in [0.2, 0.25) is 0 Å². The van der Waals surface area contributed by atoms with Crippen LogP contribution in [-0.4, -0.2) is 18.6 Å². The lowest BCUT2D eigenvalue weighted by Crippen LogP contribution is -2.40. The van der Waals surface area contributed by atoms with Crippen molar-refractivity contribution in [1.82, 2.24) is 0 Å².